The summed E-state index contributed by atoms with van der Waals surface area (Å²) in [5.41, 5.74) is 0. The minimum atomic E-state index is -1.03. The van der Waals surface area contributed by atoms with Crippen LogP contribution in [0.2, 0.25) is 0 Å². The van der Waals surface area contributed by atoms with Crippen LogP contribution < -0.4 is 0 Å². The van der Waals surface area contributed by atoms with E-state index >= 15 is 0 Å². The Morgan fingerprint density at radius 1 is 2.00 bits per heavy atom. The Balaban J connectivity index is 3.91. The number of rotatable bonds is 2. The molecule has 0 amide bonds. The fraction of sp³-hybridized carbons (Fsp3) is 0.750. The first kappa shape index (κ1) is 8.30. The van der Waals surface area contributed by atoms with Gasteiger partial charge in [-0.05, 0) is 6.42 Å². The maximum atomic E-state index is 10.1. The lowest BCUT2D eigenvalue weighted by Gasteiger charge is -2.10. The predicted molar refractivity (Wildman–Crippen MR) is 38.6 cm³/mol. The summed E-state index contributed by atoms with van der Waals surface area (Å²) in [5, 5.41) is 8.32. The summed E-state index contributed by atoms with van der Waals surface area (Å²) in [6.07, 6.45) is 0.464. The molecule has 2 nitrogen and oxygen atoms in total. The van der Waals surface area contributed by atoms with Crippen LogP contribution in [-0.2, 0) is 4.79 Å². The van der Waals surface area contributed by atoms with Crippen molar-refractivity contribution in [1.82, 2.24) is 0 Å². The molecule has 1 unspecified atom stereocenters. The number of aliphatic carboxylic acids is 1. The molecule has 0 spiro atoms. The third-order valence-electron chi connectivity index (χ3n) is 0.796. The minimum Gasteiger partial charge on any atom is -0.480 e. The van der Waals surface area contributed by atoms with E-state index in [1.54, 1.807) is 6.92 Å². The molecule has 48 valence electrons. The van der Waals surface area contributed by atoms with Crippen molar-refractivity contribution in [1.29, 1.82) is 0 Å². The van der Waals surface area contributed by atoms with Crippen molar-refractivity contribution < 1.29 is 9.90 Å². The number of carboxylic acids is 1. The van der Waals surface area contributed by atoms with Gasteiger partial charge in [0.2, 0.25) is 0 Å². The number of carboxylic acid groups (broad SMARTS) is 1. The molecule has 0 saturated carbocycles. The Hall–Kier alpha value is 0.300. The molecule has 0 bridgehead atoms. The summed E-state index contributed by atoms with van der Waals surface area (Å²) >= 11 is 6.71. The second kappa shape index (κ2) is 2.73. The van der Waals surface area contributed by atoms with Crippen molar-refractivity contribution in [3.05, 3.63) is 0 Å². The number of alkyl halides is 1. The molecule has 0 radical (unpaired) electrons. The van der Waals surface area contributed by atoms with E-state index in [1.807, 2.05) is 0 Å². The number of thiol groups is 1. The first-order valence-electron chi connectivity index (χ1n) is 2.15. The molecule has 0 rings (SSSR count). The highest BCUT2D eigenvalue weighted by Gasteiger charge is 2.27. The largest absolute Gasteiger partial charge is 0.480 e. The Kier molecular flexibility index (Phi) is 2.83. The van der Waals surface area contributed by atoms with Crippen molar-refractivity contribution in [3.63, 3.8) is 0 Å². The topological polar surface area (TPSA) is 37.3 Å². The monoisotopic (exact) mass is 198 g/mol. The number of hydrogen-bond acceptors (Lipinski definition) is 2. The van der Waals surface area contributed by atoms with E-state index in [9.17, 15) is 4.79 Å². The average Bonchev–Trinajstić information content (AvgIpc) is 1.67. The normalized spacial score (nSPS) is 17.4. The summed E-state index contributed by atoms with van der Waals surface area (Å²) in [7, 11) is 0. The second-order valence-electron chi connectivity index (χ2n) is 1.42. The van der Waals surface area contributed by atoms with Gasteiger partial charge >= 0.3 is 5.97 Å². The van der Waals surface area contributed by atoms with Crippen LogP contribution in [0.3, 0.4) is 0 Å². The van der Waals surface area contributed by atoms with Gasteiger partial charge in [-0.1, -0.05) is 22.9 Å². The average molecular weight is 199 g/mol. The lowest BCUT2D eigenvalue weighted by atomic mass is 10.3. The van der Waals surface area contributed by atoms with Gasteiger partial charge in [-0.15, -0.1) is 12.6 Å². The molecule has 0 aromatic rings. The molecule has 4 heteroatoms. The van der Waals surface area contributed by atoms with Gasteiger partial charge in [0.1, 0.15) is 0 Å². The Bertz CT molecular complexity index is 102. The molecule has 0 aliphatic heterocycles. The van der Waals surface area contributed by atoms with Crippen molar-refractivity contribution in [2.45, 2.75) is 17.0 Å². The Morgan fingerprint density at radius 3 is 2.38 bits per heavy atom. The SMILES string of the molecule is CCC(S)(Br)C(=O)O. The molecule has 0 aliphatic rings. The van der Waals surface area contributed by atoms with Crippen LogP contribution >= 0.6 is 28.6 Å². The zero-order valence-electron chi connectivity index (χ0n) is 4.39. The van der Waals surface area contributed by atoms with E-state index in [1.165, 1.54) is 0 Å². The van der Waals surface area contributed by atoms with E-state index in [-0.39, 0.29) is 0 Å². The summed E-state index contributed by atoms with van der Waals surface area (Å²) in [6.45, 7) is 1.75. The number of halogens is 1. The lowest BCUT2D eigenvalue weighted by molar-refractivity contribution is -0.137. The van der Waals surface area contributed by atoms with Gasteiger partial charge in [-0.25, -0.2) is 4.79 Å². The predicted octanol–water partition coefficient (Wildman–Crippen LogP) is 1.50. The highest BCUT2D eigenvalue weighted by molar-refractivity contribution is 9.12. The first-order valence-corrected chi connectivity index (χ1v) is 3.39. The number of hydrogen-bond donors (Lipinski definition) is 2. The van der Waals surface area contributed by atoms with Crippen molar-refractivity contribution >= 4 is 34.5 Å². The highest BCUT2D eigenvalue weighted by atomic mass is 79.9. The van der Waals surface area contributed by atoms with Gasteiger partial charge in [0.15, 0.2) is 3.66 Å². The van der Waals surface area contributed by atoms with Gasteiger partial charge in [0.25, 0.3) is 0 Å². The third-order valence-corrected chi connectivity index (χ3v) is 2.20. The van der Waals surface area contributed by atoms with E-state index < -0.39 is 9.63 Å². The molecule has 0 saturated heterocycles. The van der Waals surface area contributed by atoms with E-state index in [2.05, 4.69) is 28.6 Å². The van der Waals surface area contributed by atoms with Crippen LogP contribution in [0.1, 0.15) is 13.3 Å². The lowest BCUT2D eigenvalue weighted by Crippen LogP contribution is -2.23. The van der Waals surface area contributed by atoms with Gasteiger partial charge < -0.3 is 5.11 Å². The molecule has 1 atom stereocenters. The molecule has 0 aromatic carbocycles. The zero-order valence-corrected chi connectivity index (χ0v) is 6.87. The van der Waals surface area contributed by atoms with Crippen molar-refractivity contribution in [2.24, 2.45) is 0 Å². The fourth-order valence-electron chi connectivity index (χ4n) is 0.151. The van der Waals surface area contributed by atoms with Gasteiger partial charge in [-0.2, -0.15) is 0 Å². The van der Waals surface area contributed by atoms with Crippen LogP contribution in [-0.4, -0.2) is 14.7 Å². The smallest absolute Gasteiger partial charge is 0.330 e. The third kappa shape index (κ3) is 2.05. The van der Waals surface area contributed by atoms with Gasteiger partial charge in [0.05, 0.1) is 0 Å². The molecule has 0 aromatic heterocycles. The fourth-order valence-corrected chi connectivity index (χ4v) is 0.151. The summed E-state index contributed by atoms with van der Waals surface area (Å²) < 4.78 is -1.03. The Labute approximate surface area is 61.8 Å². The van der Waals surface area contributed by atoms with Gasteiger partial charge in [-0.3, -0.25) is 0 Å². The molecule has 0 aliphatic carbocycles. The molecular formula is C4H7BrO2S. The maximum Gasteiger partial charge on any atom is 0.330 e. The highest BCUT2D eigenvalue weighted by Crippen LogP contribution is 2.26. The molecule has 8 heavy (non-hydrogen) atoms. The van der Waals surface area contributed by atoms with Crippen LogP contribution in [0.15, 0.2) is 0 Å². The van der Waals surface area contributed by atoms with E-state index in [0.29, 0.717) is 6.42 Å². The van der Waals surface area contributed by atoms with Crippen LogP contribution in [0, 0.1) is 0 Å². The summed E-state index contributed by atoms with van der Waals surface area (Å²) in [6, 6.07) is 0. The number of carbonyl (C=O) groups is 1. The minimum absolute atomic E-state index is 0.464. The van der Waals surface area contributed by atoms with Crippen molar-refractivity contribution in [3.8, 4) is 0 Å². The van der Waals surface area contributed by atoms with Crippen molar-refractivity contribution in [2.75, 3.05) is 0 Å². The zero-order chi connectivity index (χ0) is 6.78. The molecular weight excluding hydrogens is 192 g/mol. The molecule has 0 fully saturated rings. The summed E-state index contributed by atoms with van der Waals surface area (Å²) in [5.74, 6) is -0.941. The van der Waals surface area contributed by atoms with E-state index in [4.69, 9.17) is 5.11 Å². The van der Waals surface area contributed by atoms with Crippen LogP contribution in [0.25, 0.3) is 0 Å². The Morgan fingerprint density at radius 2 is 2.38 bits per heavy atom. The summed E-state index contributed by atoms with van der Waals surface area (Å²) in [4.78, 5) is 10.1. The second-order valence-corrected chi connectivity index (χ2v) is 4.15. The van der Waals surface area contributed by atoms with Gasteiger partial charge in [0, 0.05) is 0 Å². The quantitative estimate of drug-likeness (QED) is 0.522. The van der Waals surface area contributed by atoms with Crippen LogP contribution in [0.4, 0.5) is 0 Å². The van der Waals surface area contributed by atoms with Crippen LogP contribution in [0.5, 0.6) is 0 Å². The first-order chi connectivity index (χ1) is 3.50. The van der Waals surface area contributed by atoms with E-state index in [0.717, 1.165) is 0 Å². The standard InChI is InChI=1S/C4H7BrO2S/c1-2-4(5,8)3(6)7/h8H,2H2,1H3,(H,6,7). The molecule has 0 heterocycles. The maximum absolute atomic E-state index is 10.1. The molecule has 1 N–H and O–H groups in total.